The van der Waals surface area contributed by atoms with E-state index < -0.39 is 15.8 Å². The number of piperidine rings is 1. The van der Waals surface area contributed by atoms with E-state index >= 15 is 0 Å². The van der Waals surface area contributed by atoms with Gasteiger partial charge in [0.25, 0.3) is 0 Å². The molecule has 1 aromatic carbocycles. The van der Waals surface area contributed by atoms with E-state index in [0.29, 0.717) is 6.54 Å². The zero-order valence-corrected chi connectivity index (χ0v) is 13.1. The second kappa shape index (κ2) is 7.56. The summed E-state index contributed by atoms with van der Waals surface area (Å²) in [6.45, 7) is 2.07. The van der Waals surface area contributed by atoms with E-state index in [1.807, 2.05) is 0 Å². The molecule has 1 saturated heterocycles. The van der Waals surface area contributed by atoms with Crippen LogP contribution in [0.3, 0.4) is 0 Å². The fourth-order valence-electron chi connectivity index (χ4n) is 2.10. The van der Waals surface area contributed by atoms with Gasteiger partial charge in [-0.25, -0.2) is 17.5 Å². The molecule has 0 spiro atoms. The van der Waals surface area contributed by atoms with E-state index in [0.717, 1.165) is 32.0 Å². The van der Waals surface area contributed by atoms with Crippen molar-refractivity contribution < 1.29 is 12.8 Å². The number of benzene rings is 1. The summed E-state index contributed by atoms with van der Waals surface area (Å²) in [5.41, 5.74) is 0. The summed E-state index contributed by atoms with van der Waals surface area (Å²) in [4.78, 5) is -0.360. The topological polar surface area (TPSA) is 58.2 Å². The lowest BCUT2D eigenvalue weighted by Gasteiger charge is -2.22. The van der Waals surface area contributed by atoms with E-state index in [1.54, 1.807) is 0 Å². The number of nitrogens with one attached hydrogen (secondary N) is 2. The van der Waals surface area contributed by atoms with Crippen LogP contribution in [0.25, 0.3) is 0 Å². The normalized spacial score (nSPS) is 19.4. The third-order valence-electron chi connectivity index (χ3n) is 3.14. The molecular weight excluding hydrogens is 326 g/mol. The summed E-state index contributed by atoms with van der Waals surface area (Å²) in [5.74, 6) is -0.583. The fraction of sp³-hybridized carbons (Fsp3) is 0.500. The number of hydrogen-bond donors (Lipinski definition) is 2. The molecule has 0 amide bonds. The molecule has 1 atom stereocenters. The summed E-state index contributed by atoms with van der Waals surface area (Å²) in [5, 5.41) is 3.38. The Kier molecular flexibility index (Phi) is 6.68. The number of hydrogen-bond acceptors (Lipinski definition) is 3. The highest BCUT2D eigenvalue weighted by molar-refractivity contribution is 7.89. The van der Waals surface area contributed by atoms with Crippen LogP contribution in [-0.4, -0.2) is 28.1 Å². The average Bonchev–Trinajstić information content (AvgIpc) is 2.37. The number of halogens is 3. The summed E-state index contributed by atoms with van der Waals surface area (Å²) >= 11 is 5.60. The molecule has 8 heteroatoms. The van der Waals surface area contributed by atoms with Gasteiger partial charge in [-0.3, -0.25) is 0 Å². The van der Waals surface area contributed by atoms with Crippen molar-refractivity contribution in [2.24, 2.45) is 5.92 Å². The molecule has 0 aliphatic carbocycles. The Morgan fingerprint density at radius 2 is 2.20 bits per heavy atom. The van der Waals surface area contributed by atoms with Crippen LogP contribution in [0.5, 0.6) is 0 Å². The minimum atomic E-state index is -3.82. The zero-order valence-electron chi connectivity index (χ0n) is 10.7. The van der Waals surface area contributed by atoms with Gasteiger partial charge in [-0.1, -0.05) is 11.6 Å². The summed E-state index contributed by atoms with van der Waals surface area (Å²) in [6.07, 6.45) is 2.00. The van der Waals surface area contributed by atoms with Crippen LogP contribution < -0.4 is 10.0 Å². The molecule has 1 unspecified atom stereocenters. The molecule has 0 saturated carbocycles. The highest BCUT2D eigenvalue weighted by Gasteiger charge is 2.21. The van der Waals surface area contributed by atoms with Crippen molar-refractivity contribution in [2.45, 2.75) is 17.7 Å². The van der Waals surface area contributed by atoms with Gasteiger partial charge in [0.1, 0.15) is 10.7 Å². The first-order valence-electron chi connectivity index (χ1n) is 6.14. The number of sulfonamides is 1. The molecule has 2 N–H and O–H groups in total. The molecule has 0 aromatic heterocycles. The van der Waals surface area contributed by atoms with Crippen LogP contribution in [0.4, 0.5) is 4.39 Å². The van der Waals surface area contributed by atoms with E-state index in [-0.39, 0.29) is 28.2 Å². The van der Waals surface area contributed by atoms with Gasteiger partial charge in [-0.2, -0.15) is 0 Å². The van der Waals surface area contributed by atoms with Gasteiger partial charge in [0.2, 0.25) is 10.0 Å². The molecule has 114 valence electrons. The van der Waals surface area contributed by atoms with Gasteiger partial charge < -0.3 is 5.32 Å². The number of rotatable bonds is 4. The van der Waals surface area contributed by atoms with Crippen molar-refractivity contribution in [2.75, 3.05) is 19.6 Å². The van der Waals surface area contributed by atoms with Gasteiger partial charge in [-0.05, 0) is 50.0 Å². The molecule has 0 bridgehead atoms. The smallest absolute Gasteiger partial charge is 0.243 e. The monoisotopic (exact) mass is 342 g/mol. The third-order valence-corrected chi connectivity index (χ3v) is 4.84. The Morgan fingerprint density at radius 1 is 1.45 bits per heavy atom. The van der Waals surface area contributed by atoms with Crippen molar-refractivity contribution in [1.82, 2.24) is 10.0 Å². The van der Waals surface area contributed by atoms with Crippen molar-refractivity contribution in [1.29, 1.82) is 0 Å². The lowest BCUT2D eigenvalue weighted by Crippen LogP contribution is -2.38. The predicted molar refractivity (Wildman–Crippen MR) is 79.4 cm³/mol. The predicted octanol–water partition coefficient (Wildman–Crippen LogP) is 2.18. The highest BCUT2D eigenvalue weighted by Crippen LogP contribution is 2.19. The highest BCUT2D eigenvalue weighted by atomic mass is 35.5. The van der Waals surface area contributed by atoms with Gasteiger partial charge in [-0.15, -0.1) is 12.4 Å². The SMILES string of the molecule is Cl.O=S(=O)(NCC1CCCNC1)c1ccc(Cl)cc1F. The molecule has 2 rings (SSSR count). The minimum Gasteiger partial charge on any atom is -0.316 e. The summed E-state index contributed by atoms with van der Waals surface area (Å²) in [7, 11) is -3.82. The molecule has 4 nitrogen and oxygen atoms in total. The maximum atomic E-state index is 13.6. The van der Waals surface area contributed by atoms with Gasteiger partial charge >= 0.3 is 0 Å². The van der Waals surface area contributed by atoms with E-state index in [2.05, 4.69) is 10.0 Å². The van der Waals surface area contributed by atoms with Crippen LogP contribution >= 0.6 is 24.0 Å². The molecular formula is C12H17Cl2FN2O2S. The van der Waals surface area contributed by atoms with Crippen molar-refractivity contribution >= 4 is 34.0 Å². The van der Waals surface area contributed by atoms with Gasteiger partial charge in [0.15, 0.2) is 0 Å². The lowest BCUT2D eigenvalue weighted by molar-refractivity contribution is 0.375. The van der Waals surface area contributed by atoms with Crippen LogP contribution in [-0.2, 0) is 10.0 Å². The van der Waals surface area contributed by atoms with Crippen molar-refractivity contribution in [3.05, 3.63) is 29.0 Å². The van der Waals surface area contributed by atoms with Gasteiger partial charge in [0, 0.05) is 11.6 Å². The Balaban J connectivity index is 0.00000200. The van der Waals surface area contributed by atoms with E-state index in [1.165, 1.54) is 12.1 Å². The van der Waals surface area contributed by atoms with Crippen molar-refractivity contribution in [3.63, 3.8) is 0 Å². The first kappa shape index (κ1) is 17.7. The second-order valence-corrected chi connectivity index (χ2v) is 6.81. The maximum Gasteiger partial charge on any atom is 0.243 e. The molecule has 20 heavy (non-hydrogen) atoms. The molecule has 0 radical (unpaired) electrons. The molecule has 1 aliphatic rings. The molecule has 1 fully saturated rings. The quantitative estimate of drug-likeness (QED) is 0.881. The zero-order chi connectivity index (χ0) is 13.9. The second-order valence-electron chi connectivity index (χ2n) is 4.64. The van der Waals surface area contributed by atoms with Crippen LogP contribution in [0.2, 0.25) is 5.02 Å². The summed E-state index contributed by atoms with van der Waals surface area (Å²) < 4.78 is 40.0. The fourth-order valence-corrected chi connectivity index (χ4v) is 3.43. The largest absolute Gasteiger partial charge is 0.316 e. The standard InChI is InChI=1S/C12H16ClFN2O2S.ClH/c13-10-3-4-12(11(14)6-10)19(17,18)16-8-9-2-1-5-15-7-9;/h3-4,6,9,15-16H,1-2,5,7-8H2;1H. The summed E-state index contributed by atoms with van der Waals surface area (Å²) in [6, 6.07) is 3.54. The first-order chi connectivity index (χ1) is 8.99. The Bertz CT molecular complexity index is 548. The van der Waals surface area contributed by atoms with Crippen LogP contribution in [0.15, 0.2) is 23.1 Å². The Morgan fingerprint density at radius 3 is 2.80 bits per heavy atom. The van der Waals surface area contributed by atoms with E-state index in [4.69, 9.17) is 11.6 Å². The average molecular weight is 343 g/mol. The van der Waals surface area contributed by atoms with Crippen LogP contribution in [0.1, 0.15) is 12.8 Å². The maximum absolute atomic E-state index is 13.6. The Hall–Kier alpha value is -0.400. The molecule has 1 aromatic rings. The molecule has 1 aliphatic heterocycles. The minimum absolute atomic E-state index is 0. The van der Waals surface area contributed by atoms with E-state index in [9.17, 15) is 12.8 Å². The Labute approximate surface area is 129 Å². The third kappa shape index (κ3) is 4.56. The lowest BCUT2D eigenvalue weighted by atomic mass is 10.0. The van der Waals surface area contributed by atoms with Gasteiger partial charge in [0.05, 0.1) is 0 Å². The van der Waals surface area contributed by atoms with Crippen molar-refractivity contribution in [3.8, 4) is 0 Å². The first-order valence-corrected chi connectivity index (χ1v) is 8.00. The van der Waals surface area contributed by atoms with Crippen LogP contribution in [0, 0.1) is 11.7 Å². The molecule has 1 heterocycles.